The third-order valence-electron chi connectivity index (χ3n) is 7.24. The lowest BCUT2D eigenvalue weighted by Crippen LogP contribution is -2.59. The number of rotatable bonds is 4. The van der Waals surface area contributed by atoms with Crippen molar-refractivity contribution in [3.8, 4) is 5.75 Å². The highest BCUT2D eigenvalue weighted by atomic mass is 16.3. The molecule has 0 radical (unpaired) electrons. The summed E-state index contributed by atoms with van der Waals surface area (Å²) >= 11 is 0. The Morgan fingerprint density at radius 1 is 1.00 bits per heavy atom. The maximum Gasteiger partial charge on any atom is 0.254 e. The number of nitrogens with zero attached hydrogens (tertiary/aromatic N) is 1. The Labute approximate surface area is 191 Å². The first-order chi connectivity index (χ1) is 15.0. The molecular formula is C27H36N2O3. The summed E-state index contributed by atoms with van der Waals surface area (Å²) in [6.45, 7) is 10.7. The molecule has 32 heavy (non-hydrogen) atoms. The van der Waals surface area contributed by atoms with Gasteiger partial charge in [-0.25, -0.2) is 0 Å². The van der Waals surface area contributed by atoms with E-state index < -0.39 is 5.54 Å². The first kappa shape index (κ1) is 23.8. The van der Waals surface area contributed by atoms with Gasteiger partial charge in [-0.2, -0.15) is 0 Å². The predicted molar refractivity (Wildman–Crippen MR) is 129 cm³/mol. The third-order valence-corrected chi connectivity index (χ3v) is 7.24. The highest BCUT2D eigenvalue weighted by molar-refractivity contribution is 6.04. The number of hydrogen-bond acceptors (Lipinski definition) is 3. The largest absolute Gasteiger partial charge is 0.508 e. The molecule has 0 heterocycles. The third kappa shape index (κ3) is 4.67. The van der Waals surface area contributed by atoms with Crippen LogP contribution in [-0.4, -0.2) is 34.4 Å². The van der Waals surface area contributed by atoms with Crippen molar-refractivity contribution in [2.45, 2.75) is 65.8 Å². The molecule has 2 aromatic carbocycles. The van der Waals surface area contributed by atoms with Gasteiger partial charge in [-0.1, -0.05) is 39.0 Å². The molecule has 1 aliphatic carbocycles. The topological polar surface area (TPSA) is 69.6 Å². The fourth-order valence-corrected chi connectivity index (χ4v) is 4.91. The van der Waals surface area contributed by atoms with Crippen molar-refractivity contribution in [3.05, 3.63) is 59.2 Å². The number of para-hydroxylation sites is 1. The van der Waals surface area contributed by atoms with Gasteiger partial charge in [0.1, 0.15) is 11.3 Å². The molecule has 2 aromatic rings. The molecule has 2 amide bonds. The van der Waals surface area contributed by atoms with Gasteiger partial charge in [0.2, 0.25) is 5.91 Å². The molecule has 0 saturated heterocycles. The number of benzene rings is 2. The monoisotopic (exact) mass is 436 g/mol. The van der Waals surface area contributed by atoms with Crippen LogP contribution in [0.5, 0.6) is 5.75 Å². The van der Waals surface area contributed by atoms with Gasteiger partial charge in [0.25, 0.3) is 5.91 Å². The Hall–Kier alpha value is -2.82. The second-order valence-electron chi connectivity index (χ2n) is 10.3. The Bertz CT molecular complexity index is 961. The van der Waals surface area contributed by atoms with Gasteiger partial charge in [0, 0.05) is 18.3 Å². The van der Waals surface area contributed by atoms with E-state index in [0.717, 1.165) is 29.7 Å². The maximum absolute atomic E-state index is 13.8. The van der Waals surface area contributed by atoms with Gasteiger partial charge in [-0.3, -0.25) is 9.59 Å². The average Bonchev–Trinajstić information content (AvgIpc) is 2.75. The lowest BCUT2D eigenvalue weighted by atomic mass is 9.66. The Balaban J connectivity index is 1.95. The maximum atomic E-state index is 13.8. The van der Waals surface area contributed by atoms with Crippen LogP contribution in [-0.2, 0) is 4.79 Å². The molecule has 0 aromatic heterocycles. The average molecular weight is 437 g/mol. The SMILES string of the molecule is Cc1cccc(C)c1NC(=O)C1(N(C)C(=O)c2ccc(O)cc2)CCC(C(C)(C)C)CC1. The van der Waals surface area contributed by atoms with Crippen molar-refractivity contribution in [2.24, 2.45) is 11.3 Å². The van der Waals surface area contributed by atoms with Gasteiger partial charge in [0.05, 0.1) is 0 Å². The minimum absolute atomic E-state index is 0.109. The minimum Gasteiger partial charge on any atom is -0.508 e. The first-order valence-corrected chi connectivity index (χ1v) is 11.4. The minimum atomic E-state index is -0.925. The molecule has 172 valence electrons. The van der Waals surface area contributed by atoms with Crippen LogP contribution < -0.4 is 5.32 Å². The van der Waals surface area contributed by atoms with Crippen LogP contribution in [0.2, 0.25) is 0 Å². The number of aryl methyl sites for hydroxylation is 2. The standard InChI is InChI=1S/C27H36N2O3/c1-18-8-7-9-19(2)23(18)28-25(32)27(16-14-21(15-17-27)26(3,4)5)29(6)24(31)20-10-12-22(30)13-11-20/h7-13,21,30H,14-17H2,1-6H3,(H,28,32). The van der Waals surface area contributed by atoms with Crippen LogP contribution in [0.1, 0.15) is 67.9 Å². The quantitative estimate of drug-likeness (QED) is 0.646. The van der Waals surface area contributed by atoms with E-state index in [1.807, 2.05) is 32.0 Å². The molecule has 2 N–H and O–H groups in total. The van der Waals surface area contributed by atoms with Crippen LogP contribution in [0.15, 0.2) is 42.5 Å². The van der Waals surface area contributed by atoms with Gasteiger partial charge in [-0.05, 0) is 86.3 Å². The van der Waals surface area contributed by atoms with Crippen molar-refractivity contribution in [3.63, 3.8) is 0 Å². The van der Waals surface area contributed by atoms with Gasteiger partial charge >= 0.3 is 0 Å². The van der Waals surface area contributed by atoms with E-state index >= 15 is 0 Å². The normalized spacial score (nSPS) is 21.1. The molecule has 1 saturated carbocycles. The van der Waals surface area contributed by atoms with Gasteiger partial charge in [-0.15, -0.1) is 0 Å². The molecule has 3 rings (SSSR count). The van der Waals surface area contributed by atoms with Crippen LogP contribution in [0.25, 0.3) is 0 Å². The summed E-state index contributed by atoms with van der Waals surface area (Å²) in [5, 5.41) is 12.8. The first-order valence-electron chi connectivity index (χ1n) is 11.4. The predicted octanol–water partition coefficient (Wildman–Crippen LogP) is 5.69. The van der Waals surface area contributed by atoms with E-state index in [0.29, 0.717) is 24.3 Å². The summed E-state index contributed by atoms with van der Waals surface area (Å²) in [5.74, 6) is 0.269. The van der Waals surface area contributed by atoms with E-state index in [1.165, 1.54) is 12.1 Å². The number of nitrogens with one attached hydrogen (secondary N) is 1. The molecule has 5 heteroatoms. The Kier molecular flexibility index (Phi) is 6.68. The van der Waals surface area contributed by atoms with E-state index in [-0.39, 0.29) is 23.0 Å². The van der Waals surface area contributed by atoms with E-state index in [9.17, 15) is 14.7 Å². The Morgan fingerprint density at radius 3 is 2.03 bits per heavy atom. The zero-order valence-electron chi connectivity index (χ0n) is 20.2. The number of hydrogen-bond donors (Lipinski definition) is 2. The van der Waals surface area contributed by atoms with Gasteiger partial charge in [0.15, 0.2) is 0 Å². The van der Waals surface area contributed by atoms with E-state index in [2.05, 4.69) is 26.1 Å². The summed E-state index contributed by atoms with van der Waals surface area (Å²) in [5.41, 5.74) is 2.52. The van der Waals surface area contributed by atoms with E-state index in [4.69, 9.17) is 0 Å². The van der Waals surface area contributed by atoms with Crippen molar-refractivity contribution < 1.29 is 14.7 Å². The summed E-state index contributed by atoms with van der Waals surface area (Å²) in [4.78, 5) is 28.9. The number of carbonyl (C=O) groups excluding carboxylic acids is 2. The highest BCUT2D eigenvalue weighted by Crippen LogP contribution is 2.44. The molecule has 5 nitrogen and oxygen atoms in total. The van der Waals surface area contributed by atoms with Crippen molar-refractivity contribution in [1.82, 2.24) is 4.90 Å². The number of phenolic OH excluding ortho intramolecular Hbond substituents is 1. The smallest absolute Gasteiger partial charge is 0.254 e. The number of carbonyl (C=O) groups is 2. The van der Waals surface area contributed by atoms with Crippen LogP contribution >= 0.6 is 0 Å². The molecule has 0 unspecified atom stereocenters. The Morgan fingerprint density at radius 2 is 1.53 bits per heavy atom. The van der Waals surface area contributed by atoms with Crippen molar-refractivity contribution >= 4 is 17.5 Å². The highest BCUT2D eigenvalue weighted by Gasteiger charge is 2.48. The zero-order valence-corrected chi connectivity index (χ0v) is 20.2. The van der Waals surface area contributed by atoms with Crippen LogP contribution in [0, 0.1) is 25.2 Å². The second kappa shape index (κ2) is 8.97. The van der Waals surface area contributed by atoms with Gasteiger partial charge < -0.3 is 15.3 Å². The lowest BCUT2D eigenvalue weighted by Gasteiger charge is -2.47. The van der Waals surface area contributed by atoms with Crippen molar-refractivity contribution in [2.75, 3.05) is 12.4 Å². The molecule has 0 spiro atoms. The summed E-state index contributed by atoms with van der Waals surface area (Å²) < 4.78 is 0. The van der Waals surface area contributed by atoms with Crippen LogP contribution in [0.4, 0.5) is 5.69 Å². The van der Waals surface area contributed by atoms with Crippen LogP contribution in [0.3, 0.4) is 0 Å². The lowest BCUT2D eigenvalue weighted by molar-refractivity contribution is -0.129. The summed E-state index contributed by atoms with van der Waals surface area (Å²) in [6.07, 6.45) is 3.01. The number of likely N-dealkylation sites (N-methyl/N-ethyl adjacent to an activating group) is 1. The van der Waals surface area contributed by atoms with Crippen molar-refractivity contribution in [1.29, 1.82) is 0 Å². The second-order valence-corrected chi connectivity index (χ2v) is 10.3. The fourth-order valence-electron chi connectivity index (χ4n) is 4.91. The zero-order chi connectivity index (χ0) is 23.7. The summed E-state index contributed by atoms with van der Waals surface area (Å²) in [6, 6.07) is 12.2. The fraction of sp³-hybridized carbons (Fsp3) is 0.481. The molecule has 0 atom stereocenters. The molecule has 0 aliphatic heterocycles. The molecule has 0 bridgehead atoms. The number of anilines is 1. The number of amides is 2. The molecular weight excluding hydrogens is 400 g/mol. The van der Waals surface area contributed by atoms with E-state index in [1.54, 1.807) is 24.1 Å². The number of phenols is 1. The molecule has 1 aliphatic rings. The molecule has 1 fully saturated rings. The summed E-state index contributed by atoms with van der Waals surface area (Å²) in [7, 11) is 1.73. The number of aromatic hydroxyl groups is 1.